The van der Waals surface area contributed by atoms with Gasteiger partial charge in [-0.1, -0.05) is 42.1 Å². The van der Waals surface area contributed by atoms with E-state index in [1.54, 1.807) is 30.3 Å². The van der Waals surface area contributed by atoms with E-state index in [1.807, 2.05) is 0 Å². The lowest BCUT2D eigenvalue weighted by Crippen LogP contribution is -2.50. The van der Waals surface area contributed by atoms with Crippen molar-refractivity contribution in [2.45, 2.75) is 18.9 Å². The Morgan fingerprint density at radius 1 is 0.938 bits per heavy atom. The Bertz CT molecular complexity index is 949. The van der Waals surface area contributed by atoms with E-state index in [-0.39, 0.29) is 23.3 Å². The Balaban J connectivity index is 1.80. The van der Waals surface area contributed by atoms with Crippen molar-refractivity contribution in [2.75, 3.05) is 23.9 Å². The molecule has 0 bridgehead atoms. The predicted octanol–water partition coefficient (Wildman–Crippen LogP) is 5.68. The quantitative estimate of drug-likeness (QED) is 0.503. The van der Waals surface area contributed by atoms with Crippen LogP contribution in [0.4, 0.5) is 36.8 Å². The van der Waals surface area contributed by atoms with Gasteiger partial charge in [-0.15, -0.1) is 0 Å². The number of hydrogen-bond acceptors (Lipinski definition) is 4. The average molecular weight is 477 g/mol. The number of nitrogens with zero attached hydrogens (tertiary/aromatic N) is 3. The van der Waals surface area contributed by atoms with Crippen LogP contribution >= 0.6 is 11.8 Å². The number of carbonyl (C=O) groups excluding carboxylic acids is 1. The molecule has 2 aromatic carbocycles. The smallest absolute Gasteiger partial charge is 0.422 e. The minimum atomic E-state index is -4.53. The van der Waals surface area contributed by atoms with Gasteiger partial charge in [0.15, 0.2) is 11.8 Å². The number of rotatable bonds is 6. The van der Waals surface area contributed by atoms with Gasteiger partial charge in [0.25, 0.3) is 0 Å². The summed E-state index contributed by atoms with van der Waals surface area (Å²) < 4.78 is 79.5. The SMILES string of the molecule is O=C1N(Cc2ccc(OCC(F)(F)F)cc2)C(=NCC(F)(F)F)SCN1c1ccccc1. The van der Waals surface area contributed by atoms with Gasteiger partial charge in [0.05, 0.1) is 12.4 Å². The number of halogens is 6. The van der Waals surface area contributed by atoms with E-state index in [2.05, 4.69) is 9.73 Å². The Morgan fingerprint density at radius 2 is 1.59 bits per heavy atom. The molecule has 1 saturated heterocycles. The number of para-hydroxylation sites is 1. The molecule has 1 aliphatic rings. The zero-order valence-corrected chi connectivity index (χ0v) is 17.2. The van der Waals surface area contributed by atoms with Gasteiger partial charge in [-0.3, -0.25) is 14.8 Å². The molecule has 2 amide bonds. The van der Waals surface area contributed by atoms with Crippen molar-refractivity contribution >= 4 is 28.6 Å². The maximum Gasteiger partial charge on any atom is 0.422 e. The van der Waals surface area contributed by atoms with Crippen LogP contribution in [0.5, 0.6) is 5.75 Å². The summed E-state index contributed by atoms with van der Waals surface area (Å²) in [4.78, 5) is 19.2. The summed E-state index contributed by atoms with van der Waals surface area (Å²) in [5.74, 6) is 0.0579. The summed E-state index contributed by atoms with van der Waals surface area (Å²) in [5, 5.41) is -0.0862. The van der Waals surface area contributed by atoms with Gasteiger partial charge in [-0.05, 0) is 29.8 Å². The molecule has 0 saturated carbocycles. The Kier molecular flexibility index (Phi) is 7.22. The fourth-order valence-corrected chi connectivity index (χ4v) is 3.70. The number of carbonyl (C=O) groups is 1. The largest absolute Gasteiger partial charge is 0.484 e. The maximum absolute atomic E-state index is 13.1. The predicted molar refractivity (Wildman–Crippen MR) is 109 cm³/mol. The lowest BCUT2D eigenvalue weighted by molar-refractivity contribution is -0.153. The topological polar surface area (TPSA) is 45.1 Å². The van der Waals surface area contributed by atoms with E-state index >= 15 is 0 Å². The van der Waals surface area contributed by atoms with Crippen LogP contribution in [0.1, 0.15) is 5.56 Å². The van der Waals surface area contributed by atoms with E-state index in [1.165, 1.54) is 29.2 Å². The summed E-state index contributed by atoms with van der Waals surface area (Å²) in [6, 6.07) is 13.5. The number of amides is 2. The number of hydrogen-bond donors (Lipinski definition) is 0. The second-order valence-corrected chi connectivity index (χ2v) is 7.58. The van der Waals surface area contributed by atoms with Crippen molar-refractivity contribution in [3.63, 3.8) is 0 Å². The number of alkyl halides is 6. The highest BCUT2D eigenvalue weighted by Crippen LogP contribution is 2.29. The molecular weight excluding hydrogens is 460 g/mol. The first-order valence-electron chi connectivity index (χ1n) is 9.18. The minimum Gasteiger partial charge on any atom is -0.484 e. The number of aliphatic imine (C=N–C) groups is 1. The summed E-state index contributed by atoms with van der Waals surface area (Å²) in [6.45, 7) is -3.01. The third kappa shape index (κ3) is 6.81. The number of ether oxygens (including phenoxy) is 1. The molecule has 0 radical (unpaired) electrons. The Hall–Kier alpha value is -2.89. The van der Waals surface area contributed by atoms with Gasteiger partial charge >= 0.3 is 18.4 Å². The van der Waals surface area contributed by atoms with Gasteiger partial charge in [-0.25, -0.2) is 4.79 Å². The molecule has 2 aromatic rings. The molecule has 0 N–H and O–H groups in total. The summed E-state index contributed by atoms with van der Waals surface area (Å²) in [6.07, 6.45) is -9.02. The maximum atomic E-state index is 13.1. The van der Waals surface area contributed by atoms with Gasteiger partial charge in [0, 0.05) is 5.69 Å². The van der Waals surface area contributed by atoms with Crippen molar-refractivity contribution in [3.8, 4) is 5.75 Å². The lowest BCUT2D eigenvalue weighted by atomic mass is 10.2. The van der Waals surface area contributed by atoms with Crippen LogP contribution < -0.4 is 9.64 Å². The van der Waals surface area contributed by atoms with Crippen LogP contribution in [-0.2, 0) is 6.54 Å². The molecule has 1 heterocycles. The summed E-state index contributed by atoms with van der Waals surface area (Å²) >= 11 is 0.983. The first-order valence-corrected chi connectivity index (χ1v) is 10.2. The van der Waals surface area contributed by atoms with Crippen LogP contribution in [0, 0.1) is 0 Å². The standard InChI is InChI=1S/C20H17F6N3O2S/c21-19(22,23)11-27-17-28(18(30)29(13-32-17)15-4-2-1-3-5-15)10-14-6-8-16(9-7-14)31-12-20(24,25)26/h1-9H,10-13H2. The van der Waals surface area contributed by atoms with Crippen molar-refractivity contribution in [1.29, 1.82) is 0 Å². The van der Waals surface area contributed by atoms with Crippen LogP contribution in [0.3, 0.4) is 0 Å². The van der Waals surface area contributed by atoms with E-state index in [4.69, 9.17) is 0 Å². The first kappa shape index (κ1) is 23.8. The van der Waals surface area contributed by atoms with Gasteiger partial charge in [0.2, 0.25) is 0 Å². The molecule has 0 aliphatic carbocycles. The molecule has 0 spiro atoms. The molecule has 5 nitrogen and oxygen atoms in total. The monoisotopic (exact) mass is 477 g/mol. The van der Waals surface area contributed by atoms with E-state index in [0.717, 1.165) is 16.7 Å². The second kappa shape index (κ2) is 9.72. The molecule has 0 atom stereocenters. The number of amidine groups is 1. The van der Waals surface area contributed by atoms with Gasteiger partial charge < -0.3 is 4.74 Å². The third-order valence-electron chi connectivity index (χ3n) is 4.14. The Morgan fingerprint density at radius 3 is 2.19 bits per heavy atom. The molecule has 12 heteroatoms. The lowest BCUT2D eigenvalue weighted by Gasteiger charge is -2.36. The Labute approximate surface area is 183 Å². The summed E-state index contributed by atoms with van der Waals surface area (Å²) in [7, 11) is 0. The fourth-order valence-electron chi connectivity index (χ4n) is 2.74. The van der Waals surface area contributed by atoms with Crippen molar-refractivity contribution in [1.82, 2.24) is 4.90 Å². The highest BCUT2D eigenvalue weighted by atomic mass is 32.2. The van der Waals surface area contributed by atoms with Gasteiger partial charge in [0.1, 0.15) is 12.3 Å². The molecular formula is C20H17F6N3O2S. The van der Waals surface area contributed by atoms with Crippen molar-refractivity contribution < 1.29 is 35.9 Å². The average Bonchev–Trinajstić information content (AvgIpc) is 2.73. The second-order valence-electron chi connectivity index (χ2n) is 6.67. The minimum absolute atomic E-state index is 0.0257. The zero-order valence-electron chi connectivity index (χ0n) is 16.4. The molecule has 32 heavy (non-hydrogen) atoms. The number of thioether (sulfide) groups is 1. The third-order valence-corrected chi connectivity index (χ3v) is 5.14. The molecule has 3 rings (SSSR count). The van der Waals surface area contributed by atoms with E-state index in [0.29, 0.717) is 11.3 Å². The highest BCUT2D eigenvalue weighted by Gasteiger charge is 2.34. The fraction of sp³-hybridized carbons (Fsp3) is 0.300. The van der Waals surface area contributed by atoms with E-state index in [9.17, 15) is 31.1 Å². The molecule has 0 unspecified atom stereocenters. The van der Waals surface area contributed by atoms with E-state index < -0.39 is 31.5 Å². The van der Waals surface area contributed by atoms with Crippen LogP contribution in [-0.4, -0.2) is 47.5 Å². The van der Waals surface area contributed by atoms with Crippen molar-refractivity contribution in [3.05, 3.63) is 60.2 Å². The number of urea groups is 1. The first-order chi connectivity index (χ1) is 15.0. The number of benzene rings is 2. The molecule has 172 valence electrons. The number of anilines is 1. The zero-order chi connectivity index (χ0) is 23.4. The van der Waals surface area contributed by atoms with Gasteiger partial charge in [-0.2, -0.15) is 26.3 Å². The summed E-state index contributed by atoms with van der Waals surface area (Å²) in [5.41, 5.74) is 1.05. The van der Waals surface area contributed by atoms with Crippen molar-refractivity contribution in [2.24, 2.45) is 4.99 Å². The molecule has 1 aliphatic heterocycles. The van der Waals surface area contributed by atoms with Crippen LogP contribution in [0.25, 0.3) is 0 Å². The van der Waals surface area contributed by atoms with Crippen LogP contribution in [0.2, 0.25) is 0 Å². The molecule has 0 aromatic heterocycles. The normalized spacial score (nSPS) is 16.6. The highest BCUT2D eigenvalue weighted by molar-refractivity contribution is 8.14. The van der Waals surface area contributed by atoms with Crippen LogP contribution in [0.15, 0.2) is 59.6 Å². The molecule has 1 fully saturated rings.